The van der Waals surface area contributed by atoms with Gasteiger partial charge in [0.2, 0.25) is 0 Å². The molecule has 0 aromatic rings. The van der Waals surface area contributed by atoms with Crippen molar-refractivity contribution in [2.75, 3.05) is 5.75 Å². The van der Waals surface area contributed by atoms with Crippen molar-refractivity contribution in [1.29, 1.82) is 0 Å². The molecule has 1 aliphatic heterocycles. The Morgan fingerprint density at radius 2 is 2.18 bits per heavy atom. The lowest BCUT2D eigenvalue weighted by Crippen LogP contribution is -1.89. The molecule has 1 fully saturated rings. The topological polar surface area (TPSA) is 0 Å². The molecule has 0 aromatic carbocycles. The summed E-state index contributed by atoms with van der Waals surface area (Å²) in [4.78, 5) is 0. The predicted molar refractivity (Wildman–Crippen MR) is 54.1 cm³/mol. The van der Waals surface area contributed by atoms with Crippen LogP contribution >= 0.6 is 11.8 Å². The molecule has 0 saturated carbocycles. The molecule has 0 amide bonds. The minimum absolute atomic E-state index is 0.844. The molecule has 0 radical (unpaired) electrons. The van der Waals surface area contributed by atoms with E-state index in [4.69, 9.17) is 0 Å². The number of thioether (sulfide) groups is 1. The molecule has 1 saturated heterocycles. The van der Waals surface area contributed by atoms with Crippen molar-refractivity contribution in [2.45, 2.75) is 44.3 Å². The van der Waals surface area contributed by atoms with Gasteiger partial charge in [-0.05, 0) is 12.8 Å². The van der Waals surface area contributed by atoms with Gasteiger partial charge in [-0.3, -0.25) is 0 Å². The maximum atomic E-state index is 4.09. The molecule has 0 nitrogen and oxygen atoms in total. The third-order valence-electron chi connectivity index (χ3n) is 2.14. The molecule has 0 aromatic heterocycles. The average molecular weight is 170 g/mol. The fourth-order valence-corrected chi connectivity index (χ4v) is 1.91. The lowest BCUT2D eigenvalue weighted by molar-refractivity contribution is 0.662. The van der Waals surface area contributed by atoms with E-state index in [2.05, 4.69) is 13.5 Å². The van der Waals surface area contributed by atoms with Crippen molar-refractivity contribution in [3.05, 3.63) is 12.2 Å². The highest BCUT2D eigenvalue weighted by atomic mass is 32.2. The first-order valence-electron chi connectivity index (χ1n) is 4.64. The summed E-state index contributed by atoms with van der Waals surface area (Å²) in [7, 11) is 0. The third-order valence-corrected chi connectivity index (χ3v) is 3.14. The fraction of sp³-hybridized carbons (Fsp3) is 0.800. The minimum atomic E-state index is 0.844. The van der Waals surface area contributed by atoms with Crippen LogP contribution in [0, 0.1) is 0 Å². The maximum Gasteiger partial charge on any atom is 0.0345 e. The van der Waals surface area contributed by atoms with Crippen LogP contribution in [0.4, 0.5) is 0 Å². The predicted octanol–water partition coefficient (Wildman–Crippen LogP) is 3.63. The van der Waals surface area contributed by atoms with E-state index in [0.29, 0.717) is 0 Å². The van der Waals surface area contributed by atoms with Crippen LogP contribution in [0.25, 0.3) is 0 Å². The SMILES string of the molecule is C=C(CCCCCC)C1CS1. The quantitative estimate of drug-likeness (QED) is 0.333. The van der Waals surface area contributed by atoms with Gasteiger partial charge in [0.1, 0.15) is 0 Å². The van der Waals surface area contributed by atoms with Gasteiger partial charge >= 0.3 is 0 Å². The number of unbranched alkanes of at least 4 members (excludes halogenated alkanes) is 3. The molecule has 64 valence electrons. The summed E-state index contributed by atoms with van der Waals surface area (Å²) in [6.07, 6.45) is 6.77. The lowest BCUT2D eigenvalue weighted by atomic mass is 10.1. The smallest absolute Gasteiger partial charge is 0.0345 e. The first-order chi connectivity index (χ1) is 5.34. The van der Waals surface area contributed by atoms with Crippen molar-refractivity contribution in [2.24, 2.45) is 0 Å². The van der Waals surface area contributed by atoms with Crippen LogP contribution < -0.4 is 0 Å². The van der Waals surface area contributed by atoms with Crippen LogP contribution in [0.15, 0.2) is 12.2 Å². The van der Waals surface area contributed by atoms with Crippen LogP contribution in [0.3, 0.4) is 0 Å². The Labute approximate surface area is 74.5 Å². The Bertz CT molecular complexity index is 125. The second-order valence-corrected chi connectivity index (χ2v) is 4.53. The Morgan fingerprint density at radius 1 is 1.45 bits per heavy atom. The Morgan fingerprint density at radius 3 is 2.73 bits per heavy atom. The molecule has 1 unspecified atom stereocenters. The molecular formula is C10H18S. The molecule has 0 N–H and O–H groups in total. The molecular weight excluding hydrogens is 152 g/mol. The zero-order valence-electron chi connectivity index (χ0n) is 7.44. The minimum Gasteiger partial charge on any atom is -0.152 e. The molecule has 1 aliphatic rings. The van der Waals surface area contributed by atoms with E-state index >= 15 is 0 Å². The second-order valence-electron chi connectivity index (χ2n) is 3.29. The van der Waals surface area contributed by atoms with Crippen LogP contribution in [0.2, 0.25) is 0 Å². The van der Waals surface area contributed by atoms with Crippen LogP contribution in [0.1, 0.15) is 39.0 Å². The number of hydrogen-bond acceptors (Lipinski definition) is 1. The summed E-state index contributed by atoms with van der Waals surface area (Å²) in [6, 6.07) is 0. The van der Waals surface area contributed by atoms with Gasteiger partial charge in [0.05, 0.1) is 0 Å². The van der Waals surface area contributed by atoms with Crippen molar-refractivity contribution in [1.82, 2.24) is 0 Å². The van der Waals surface area contributed by atoms with E-state index in [1.165, 1.54) is 43.4 Å². The highest BCUT2D eigenvalue weighted by Gasteiger charge is 2.24. The van der Waals surface area contributed by atoms with E-state index in [-0.39, 0.29) is 0 Å². The van der Waals surface area contributed by atoms with Gasteiger partial charge in [-0.1, -0.05) is 38.3 Å². The van der Waals surface area contributed by atoms with Crippen molar-refractivity contribution in [3.63, 3.8) is 0 Å². The van der Waals surface area contributed by atoms with E-state index in [0.717, 1.165) is 5.25 Å². The van der Waals surface area contributed by atoms with Gasteiger partial charge in [-0.25, -0.2) is 0 Å². The summed E-state index contributed by atoms with van der Waals surface area (Å²) in [5.41, 5.74) is 1.49. The van der Waals surface area contributed by atoms with E-state index in [1.807, 2.05) is 11.8 Å². The zero-order chi connectivity index (χ0) is 8.10. The van der Waals surface area contributed by atoms with Crippen LogP contribution in [-0.2, 0) is 0 Å². The number of hydrogen-bond donors (Lipinski definition) is 0. The highest BCUT2D eigenvalue weighted by Crippen LogP contribution is 2.37. The fourth-order valence-electron chi connectivity index (χ4n) is 1.22. The monoisotopic (exact) mass is 170 g/mol. The summed E-state index contributed by atoms with van der Waals surface area (Å²) < 4.78 is 0. The van der Waals surface area contributed by atoms with Gasteiger partial charge in [0, 0.05) is 11.0 Å². The summed E-state index contributed by atoms with van der Waals surface area (Å²) >= 11 is 2.04. The molecule has 1 heterocycles. The van der Waals surface area contributed by atoms with E-state index < -0.39 is 0 Å². The van der Waals surface area contributed by atoms with Gasteiger partial charge in [0.25, 0.3) is 0 Å². The third kappa shape index (κ3) is 3.85. The van der Waals surface area contributed by atoms with Crippen LogP contribution in [-0.4, -0.2) is 11.0 Å². The van der Waals surface area contributed by atoms with Crippen LogP contribution in [0.5, 0.6) is 0 Å². The van der Waals surface area contributed by atoms with Gasteiger partial charge in [-0.2, -0.15) is 11.8 Å². The Kier molecular flexibility index (Phi) is 4.06. The average Bonchev–Trinajstić information content (AvgIpc) is 2.79. The normalized spacial score (nSPS) is 21.7. The molecule has 1 atom stereocenters. The Hall–Kier alpha value is 0.0900. The number of rotatable bonds is 6. The molecule has 0 spiro atoms. The summed E-state index contributed by atoms with van der Waals surface area (Å²) in [5.74, 6) is 1.34. The van der Waals surface area contributed by atoms with Gasteiger partial charge in [0.15, 0.2) is 0 Å². The summed E-state index contributed by atoms with van der Waals surface area (Å²) in [6.45, 7) is 6.35. The van der Waals surface area contributed by atoms with Crippen molar-refractivity contribution >= 4 is 11.8 Å². The Balaban J connectivity index is 1.89. The van der Waals surface area contributed by atoms with Gasteiger partial charge < -0.3 is 0 Å². The van der Waals surface area contributed by atoms with Crippen molar-refractivity contribution in [3.8, 4) is 0 Å². The zero-order valence-corrected chi connectivity index (χ0v) is 8.25. The molecule has 11 heavy (non-hydrogen) atoms. The molecule has 0 bridgehead atoms. The molecule has 1 rings (SSSR count). The van der Waals surface area contributed by atoms with E-state index in [9.17, 15) is 0 Å². The standard InChI is InChI=1S/C10H18S/c1-3-4-5-6-7-9(2)10-8-11-10/h10H,2-8H2,1H3. The van der Waals surface area contributed by atoms with Gasteiger partial charge in [-0.15, -0.1) is 0 Å². The first-order valence-corrected chi connectivity index (χ1v) is 5.68. The molecule has 1 heteroatoms. The second kappa shape index (κ2) is 4.87. The summed E-state index contributed by atoms with van der Waals surface area (Å²) in [5, 5.41) is 0.844. The largest absolute Gasteiger partial charge is 0.152 e. The first kappa shape index (κ1) is 9.18. The lowest BCUT2D eigenvalue weighted by Gasteiger charge is -2.01. The van der Waals surface area contributed by atoms with E-state index in [1.54, 1.807) is 0 Å². The highest BCUT2D eigenvalue weighted by molar-refractivity contribution is 8.07. The maximum absolute atomic E-state index is 4.09. The molecule has 0 aliphatic carbocycles. The van der Waals surface area contributed by atoms with Crippen molar-refractivity contribution < 1.29 is 0 Å².